The molecule has 2 amide bonds. The fraction of sp³-hybridized carbons (Fsp3) is 0.667. The van der Waals surface area contributed by atoms with E-state index in [0.29, 0.717) is 38.5 Å². The Kier molecular flexibility index (Phi) is 6.44. The van der Waals surface area contributed by atoms with Gasteiger partial charge in [0.15, 0.2) is 0 Å². The number of nitrogens with zero attached hydrogens (tertiary/aromatic N) is 6. The molecule has 148 valence electrons. The van der Waals surface area contributed by atoms with E-state index in [1.165, 1.54) is 6.33 Å². The molecule has 2 aliphatic heterocycles. The fourth-order valence-corrected chi connectivity index (χ4v) is 3.40. The highest BCUT2D eigenvalue weighted by atomic mass is 16.6. The predicted octanol–water partition coefficient (Wildman–Crippen LogP) is 0.533. The van der Waals surface area contributed by atoms with E-state index in [0.717, 1.165) is 38.5 Å². The smallest absolute Gasteiger partial charge is 0.409 e. The standard InChI is InChI=1S/C18H28N6O3/c1-3-21-5-7-22(8-6-21)16-13-15(19-14-20-16)17(25)23-9-11-24(12-10-23)18(26)27-4-2/h13-14H,3-12H2,1-2H3. The first-order chi connectivity index (χ1) is 13.1. The Labute approximate surface area is 159 Å². The molecule has 0 atom stereocenters. The van der Waals surface area contributed by atoms with Crippen molar-refractivity contribution in [3.63, 3.8) is 0 Å². The molecular weight excluding hydrogens is 348 g/mol. The van der Waals surface area contributed by atoms with E-state index >= 15 is 0 Å². The minimum absolute atomic E-state index is 0.116. The molecule has 1 aromatic rings. The quantitative estimate of drug-likeness (QED) is 0.758. The maximum Gasteiger partial charge on any atom is 0.409 e. The van der Waals surface area contributed by atoms with E-state index in [-0.39, 0.29) is 12.0 Å². The number of piperazine rings is 2. The van der Waals surface area contributed by atoms with Crippen molar-refractivity contribution in [2.45, 2.75) is 13.8 Å². The van der Waals surface area contributed by atoms with Gasteiger partial charge in [-0.1, -0.05) is 6.92 Å². The van der Waals surface area contributed by atoms with Crippen LogP contribution in [0.25, 0.3) is 0 Å². The van der Waals surface area contributed by atoms with Crippen molar-refractivity contribution in [2.24, 2.45) is 0 Å². The van der Waals surface area contributed by atoms with Gasteiger partial charge < -0.3 is 24.3 Å². The van der Waals surface area contributed by atoms with Crippen molar-refractivity contribution in [2.75, 3.05) is 70.4 Å². The van der Waals surface area contributed by atoms with E-state index in [1.807, 2.05) is 0 Å². The van der Waals surface area contributed by atoms with Crippen LogP contribution in [-0.2, 0) is 4.74 Å². The summed E-state index contributed by atoms with van der Waals surface area (Å²) in [5, 5.41) is 0. The summed E-state index contributed by atoms with van der Waals surface area (Å²) in [5.41, 5.74) is 0.405. The summed E-state index contributed by atoms with van der Waals surface area (Å²) >= 11 is 0. The van der Waals surface area contributed by atoms with Crippen molar-refractivity contribution >= 4 is 17.8 Å². The summed E-state index contributed by atoms with van der Waals surface area (Å²) in [6, 6.07) is 1.78. The summed E-state index contributed by atoms with van der Waals surface area (Å²) in [6.07, 6.45) is 1.14. The van der Waals surface area contributed by atoms with Crippen molar-refractivity contribution in [3.8, 4) is 0 Å². The molecule has 0 saturated carbocycles. The lowest BCUT2D eigenvalue weighted by atomic mass is 10.2. The molecule has 3 heterocycles. The lowest BCUT2D eigenvalue weighted by Crippen LogP contribution is -2.51. The average Bonchev–Trinajstić information content (AvgIpc) is 2.73. The van der Waals surface area contributed by atoms with Crippen LogP contribution < -0.4 is 4.90 Å². The van der Waals surface area contributed by atoms with Gasteiger partial charge in [0.2, 0.25) is 0 Å². The van der Waals surface area contributed by atoms with Crippen LogP contribution >= 0.6 is 0 Å². The molecule has 2 aliphatic rings. The van der Waals surface area contributed by atoms with E-state index in [1.54, 1.807) is 22.8 Å². The van der Waals surface area contributed by atoms with Crippen LogP contribution in [0.2, 0.25) is 0 Å². The topological polar surface area (TPSA) is 82.1 Å². The number of hydrogen-bond donors (Lipinski definition) is 0. The van der Waals surface area contributed by atoms with E-state index < -0.39 is 0 Å². The Morgan fingerprint density at radius 2 is 1.63 bits per heavy atom. The Bertz CT molecular complexity index is 654. The molecule has 0 aliphatic carbocycles. The van der Waals surface area contributed by atoms with Gasteiger partial charge in [0.1, 0.15) is 17.8 Å². The maximum atomic E-state index is 12.8. The molecule has 1 aromatic heterocycles. The van der Waals surface area contributed by atoms with Gasteiger partial charge in [-0.2, -0.15) is 0 Å². The molecule has 9 nitrogen and oxygen atoms in total. The first-order valence-corrected chi connectivity index (χ1v) is 9.62. The Hall–Kier alpha value is -2.42. The van der Waals surface area contributed by atoms with Crippen LogP contribution in [0.4, 0.5) is 10.6 Å². The first-order valence-electron chi connectivity index (χ1n) is 9.62. The van der Waals surface area contributed by atoms with Crippen LogP contribution in [0.3, 0.4) is 0 Å². The van der Waals surface area contributed by atoms with Gasteiger partial charge in [-0.3, -0.25) is 4.79 Å². The zero-order chi connectivity index (χ0) is 19.2. The van der Waals surface area contributed by atoms with E-state index in [2.05, 4.69) is 26.7 Å². The predicted molar refractivity (Wildman–Crippen MR) is 101 cm³/mol. The van der Waals surface area contributed by atoms with Crippen LogP contribution in [0.15, 0.2) is 12.4 Å². The van der Waals surface area contributed by atoms with Crippen LogP contribution in [0.1, 0.15) is 24.3 Å². The summed E-state index contributed by atoms with van der Waals surface area (Å²) < 4.78 is 5.01. The lowest BCUT2D eigenvalue weighted by Gasteiger charge is -2.35. The maximum absolute atomic E-state index is 12.8. The third-order valence-electron chi connectivity index (χ3n) is 5.11. The number of anilines is 1. The zero-order valence-corrected chi connectivity index (χ0v) is 16.1. The number of aromatic nitrogens is 2. The van der Waals surface area contributed by atoms with E-state index in [4.69, 9.17) is 4.74 Å². The second-order valence-corrected chi connectivity index (χ2v) is 6.66. The third kappa shape index (κ3) is 4.65. The van der Waals surface area contributed by atoms with Crippen LogP contribution in [-0.4, -0.2) is 102 Å². The van der Waals surface area contributed by atoms with Gasteiger partial charge in [-0.05, 0) is 13.5 Å². The highest BCUT2D eigenvalue weighted by molar-refractivity contribution is 5.93. The summed E-state index contributed by atoms with van der Waals surface area (Å²) in [4.78, 5) is 41.1. The van der Waals surface area contributed by atoms with Gasteiger partial charge in [-0.25, -0.2) is 14.8 Å². The molecule has 2 fully saturated rings. The lowest BCUT2D eigenvalue weighted by molar-refractivity contribution is 0.0566. The monoisotopic (exact) mass is 376 g/mol. The Morgan fingerprint density at radius 3 is 2.26 bits per heavy atom. The molecule has 0 aromatic carbocycles. The highest BCUT2D eigenvalue weighted by Crippen LogP contribution is 2.16. The fourth-order valence-electron chi connectivity index (χ4n) is 3.40. The second-order valence-electron chi connectivity index (χ2n) is 6.66. The third-order valence-corrected chi connectivity index (χ3v) is 5.11. The number of carbonyl (C=O) groups excluding carboxylic acids is 2. The van der Waals surface area contributed by atoms with Crippen molar-refractivity contribution in [3.05, 3.63) is 18.1 Å². The van der Waals surface area contributed by atoms with Gasteiger partial charge in [0.25, 0.3) is 5.91 Å². The zero-order valence-electron chi connectivity index (χ0n) is 16.1. The van der Waals surface area contributed by atoms with Gasteiger partial charge in [-0.15, -0.1) is 0 Å². The molecule has 3 rings (SSSR count). The minimum atomic E-state index is -0.319. The highest BCUT2D eigenvalue weighted by Gasteiger charge is 2.27. The number of hydrogen-bond acceptors (Lipinski definition) is 7. The van der Waals surface area contributed by atoms with Crippen LogP contribution in [0, 0.1) is 0 Å². The summed E-state index contributed by atoms with van der Waals surface area (Å²) in [7, 11) is 0. The Morgan fingerprint density at radius 1 is 0.963 bits per heavy atom. The summed E-state index contributed by atoms with van der Waals surface area (Å²) in [5.74, 6) is 0.684. The van der Waals surface area contributed by atoms with Crippen molar-refractivity contribution in [1.29, 1.82) is 0 Å². The van der Waals surface area contributed by atoms with Crippen LogP contribution in [0.5, 0.6) is 0 Å². The molecule has 0 spiro atoms. The largest absolute Gasteiger partial charge is 0.450 e. The molecule has 9 heteroatoms. The van der Waals surface area contributed by atoms with Gasteiger partial charge >= 0.3 is 6.09 Å². The Balaban J connectivity index is 1.59. The normalized spacial score (nSPS) is 18.5. The van der Waals surface area contributed by atoms with Crippen molar-refractivity contribution in [1.82, 2.24) is 24.7 Å². The number of rotatable bonds is 4. The number of ether oxygens (including phenoxy) is 1. The molecule has 0 unspecified atom stereocenters. The molecular formula is C18H28N6O3. The van der Waals surface area contributed by atoms with Gasteiger partial charge in [0, 0.05) is 58.4 Å². The molecule has 0 radical (unpaired) electrons. The number of carbonyl (C=O) groups is 2. The molecule has 0 N–H and O–H groups in total. The average molecular weight is 376 g/mol. The van der Waals surface area contributed by atoms with Crippen molar-refractivity contribution < 1.29 is 14.3 Å². The molecule has 27 heavy (non-hydrogen) atoms. The molecule has 2 saturated heterocycles. The summed E-state index contributed by atoms with van der Waals surface area (Å²) in [6.45, 7) is 11.1. The number of likely N-dealkylation sites (N-methyl/N-ethyl adjacent to an activating group) is 1. The molecule has 0 bridgehead atoms. The second kappa shape index (κ2) is 8.98. The first kappa shape index (κ1) is 19.3. The minimum Gasteiger partial charge on any atom is -0.450 e. The van der Waals surface area contributed by atoms with Gasteiger partial charge in [0.05, 0.1) is 6.61 Å². The van der Waals surface area contributed by atoms with E-state index in [9.17, 15) is 9.59 Å². The SMILES string of the molecule is CCOC(=O)N1CCN(C(=O)c2cc(N3CCN(CC)CC3)ncn2)CC1. The number of amides is 2.